The molecule has 0 radical (unpaired) electrons. The summed E-state index contributed by atoms with van der Waals surface area (Å²) in [5.41, 5.74) is 0. The van der Waals surface area contributed by atoms with Gasteiger partial charge in [-0.2, -0.15) is 0 Å². The number of nitrogens with zero attached hydrogens (tertiary/aromatic N) is 1. The summed E-state index contributed by atoms with van der Waals surface area (Å²) in [6, 6.07) is 9.54. The van der Waals surface area contributed by atoms with E-state index in [1.807, 2.05) is 35.7 Å². The fourth-order valence-corrected chi connectivity index (χ4v) is 4.07. The highest BCUT2D eigenvalue weighted by Gasteiger charge is 2.12. The zero-order valence-electron chi connectivity index (χ0n) is 11.6. The minimum atomic E-state index is -2.36. The van der Waals surface area contributed by atoms with E-state index in [9.17, 15) is 4.21 Å². The van der Waals surface area contributed by atoms with Gasteiger partial charge in [-0.25, -0.2) is 8.57 Å². The third-order valence-electron chi connectivity index (χ3n) is 3.83. The van der Waals surface area contributed by atoms with E-state index in [-0.39, 0.29) is 0 Å². The average molecular weight is 277 g/mol. The van der Waals surface area contributed by atoms with Crippen LogP contribution in [0.4, 0.5) is 0 Å². The first-order chi connectivity index (χ1) is 9.24. The standard InChI is InChI=1S/C16H23NOS/c1-17-19(18,16-12-6-3-7-13-16)14-8-11-15-9-4-2-5-10-15/h3,6-8,12-15H,2,4-5,9-11H2,1H3/b14-8+. The number of hydrogen-bond donors (Lipinski definition) is 0. The summed E-state index contributed by atoms with van der Waals surface area (Å²) in [5.74, 6) is 0.779. The zero-order chi connectivity index (χ0) is 13.6. The molecule has 0 saturated heterocycles. The van der Waals surface area contributed by atoms with E-state index in [0.29, 0.717) is 0 Å². The molecule has 1 aromatic rings. The molecule has 2 nitrogen and oxygen atoms in total. The molecule has 1 unspecified atom stereocenters. The Morgan fingerprint density at radius 3 is 2.53 bits per heavy atom. The Morgan fingerprint density at radius 2 is 1.89 bits per heavy atom. The summed E-state index contributed by atoms with van der Waals surface area (Å²) in [5, 5.41) is 1.82. The quantitative estimate of drug-likeness (QED) is 0.789. The number of benzene rings is 1. The monoisotopic (exact) mass is 277 g/mol. The van der Waals surface area contributed by atoms with Crippen molar-refractivity contribution in [2.24, 2.45) is 10.3 Å². The average Bonchev–Trinajstić information content (AvgIpc) is 2.49. The molecular weight excluding hydrogens is 254 g/mol. The lowest BCUT2D eigenvalue weighted by Crippen LogP contribution is -2.05. The van der Waals surface area contributed by atoms with Crippen LogP contribution in [0.5, 0.6) is 0 Å². The van der Waals surface area contributed by atoms with Gasteiger partial charge in [-0.05, 0) is 24.5 Å². The predicted molar refractivity (Wildman–Crippen MR) is 81.5 cm³/mol. The lowest BCUT2D eigenvalue weighted by molar-refractivity contribution is 0.361. The normalized spacial score (nSPS) is 20.3. The van der Waals surface area contributed by atoms with Crippen LogP contribution < -0.4 is 0 Å². The number of allylic oxidation sites excluding steroid dienone is 1. The highest BCUT2D eigenvalue weighted by atomic mass is 32.2. The van der Waals surface area contributed by atoms with E-state index >= 15 is 0 Å². The SMILES string of the molecule is CN=S(=O)(/C=C/CC1CCCCC1)c1ccccc1. The summed E-state index contributed by atoms with van der Waals surface area (Å²) in [6.07, 6.45) is 9.85. The Balaban J connectivity index is 2.05. The molecule has 1 saturated carbocycles. The molecular formula is C16H23NOS. The van der Waals surface area contributed by atoms with Crippen molar-refractivity contribution in [3.8, 4) is 0 Å². The van der Waals surface area contributed by atoms with Gasteiger partial charge in [0.05, 0.1) is 14.6 Å². The van der Waals surface area contributed by atoms with Crippen LogP contribution in [0.15, 0.2) is 51.1 Å². The topological polar surface area (TPSA) is 29.4 Å². The second-order valence-corrected chi connectivity index (χ2v) is 7.42. The molecule has 0 bridgehead atoms. The molecule has 0 aromatic heterocycles. The van der Waals surface area contributed by atoms with Crippen LogP contribution in [-0.2, 0) is 9.73 Å². The maximum Gasteiger partial charge on any atom is 0.0963 e. The fraction of sp³-hybridized carbons (Fsp3) is 0.500. The maximum atomic E-state index is 12.7. The minimum absolute atomic E-state index is 0.779. The van der Waals surface area contributed by atoms with Crippen molar-refractivity contribution < 1.29 is 4.21 Å². The molecule has 19 heavy (non-hydrogen) atoms. The van der Waals surface area contributed by atoms with E-state index in [1.165, 1.54) is 32.1 Å². The first-order valence-corrected chi connectivity index (χ1v) is 8.69. The molecule has 1 aromatic carbocycles. The minimum Gasteiger partial charge on any atom is -0.240 e. The Hall–Kier alpha value is -1.09. The molecule has 104 valence electrons. The van der Waals surface area contributed by atoms with Crippen LogP contribution >= 0.6 is 0 Å². The molecule has 1 atom stereocenters. The van der Waals surface area contributed by atoms with Crippen LogP contribution in [0, 0.1) is 5.92 Å². The van der Waals surface area contributed by atoms with Gasteiger partial charge in [0.1, 0.15) is 0 Å². The molecule has 2 rings (SSSR count). The highest BCUT2D eigenvalue weighted by Crippen LogP contribution is 2.27. The molecule has 0 aliphatic heterocycles. The van der Waals surface area contributed by atoms with Crippen molar-refractivity contribution in [3.63, 3.8) is 0 Å². The summed E-state index contributed by atoms with van der Waals surface area (Å²) >= 11 is 0. The van der Waals surface area contributed by atoms with Crippen molar-refractivity contribution in [1.82, 2.24) is 0 Å². The van der Waals surface area contributed by atoms with E-state index in [4.69, 9.17) is 0 Å². The number of rotatable bonds is 4. The van der Waals surface area contributed by atoms with Gasteiger partial charge in [-0.15, -0.1) is 0 Å². The smallest absolute Gasteiger partial charge is 0.0963 e. The summed E-state index contributed by atoms with van der Waals surface area (Å²) in [4.78, 5) is 0.803. The molecule has 1 aliphatic rings. The van der Waals surface area contributed by atoms with Crippen LogP contribution in [0.25, 0.3) is 0 Å². The zero-order valence-corrected chi connectivity index (χ0v) is 12.4. The van der Waals surface area contributed by atoms with E-state index in [1.54, 1.807) is 7.05 Å². The van der Waals surface area contributed by atoms with Gasteiger partial charge >= 0.3 is 0 Å². The second kappa shape index (κ2) is 6.90. The van der Waals surface area contributed by atoms with Gasteiger partial charge in [0.25, 0.3) is 0 Å². The maximum absolute atomic E-state index is 12.7. The molecule has 0 N–H and O–H groups in total. The van der Waals surface area contributed by atoms with Crippen LogP contribution in [-0.4, -0.2) is 11.3 Å². The van der Waals surface area contributed by atoms with E-state index in [0.717, 1.165) is 17.2 Å². The molecule has 1 aliphatic carbocycles. The Kier molecular flexibility index (Phi) is 5.20. The Morgan fingerprint density at radius 1 is 1.21 bits per heavy atom. The van der Waals surface area contributed by atoms with E-state index < -0.39 is 9.73 Å². The second-order valence-electron chi connectivity index (χ2n) is 5.18. The lowest BCUT2D eigenvalue weighted by Gasteiger charge is -2.19. The largest absolute Gasteiger partial charge is 0.240 e. The summed E-state index contributed by atoms with van der Waals surface area (Å²) in [6.45, 7) is 0. The predicted octanol–water partition coefficient (Wildman–Crippen LogP) is 4.63. The van der Waals surface area contributed by atoms with Gasteiger partial charge in [0.2, 0.25) is 0 Å². The van der Waals surface area contributed by atoms with Gasteiger partial charge < -0.3 is 0 Å². The third kappa shape index (κ3) is 3.93. The van der Waals surface area contributed by atoms with Crippen molar-refractivity contribution >= 4 is 9.73 Å². The summed E-state index contributed by atoms with van der Waals surface area (Å²) in [7, 11) is -0.723. The Bertz CT molecular complexity index is 521. The van der Waals surface area contributed by atoms with Gasteiger partial charge in [-0.1, -0.05) is 56.4 Å². The van der Waals surface area contributed by atoms with Crippen molar-refractivity contribution in [3.05, 3.63) is 41.8 Å². The van der Waals surface area contributed by atoms with Gasteiger partial charge in [-0.3, -0.25) is 0 Å². The van der Waals surface area contributed by atoms with Gasteiger partial charge in [0, 0.05) is 12.5 Å². The van der Waals surface area contributed by atoms with E-state index in [2.05, 4.69) is 10.4 Å². The van der Waals surface area contributed by atoms with Crippen molar-refractivity contribution in [2.75, 3.05) is 7.05 Å². The van der Waals surface area contributed by atoms with Crippen LogP contribution in [0.1, 0.15) is 38.5 Å². The first kappa shape index (κ1) is 14.3. The molecule has 1 fully saturated rings. The Labute approximate surface area is 117 Å². The highest BCUT2D eigenvalue weighted by molar-refractivity contribution is 7.96. The van der Waals surface area contributed by atoms with Gasteiger partial charge in [0.15, 0.2) is 0 Å². The van der Waals surface area contributed by atoms with Crippen molar-refractivity contribution in [1.29, 1.82) is 0 Å². The first-order valence-electron chi connectivity index (χ1n) is 7.11. The molecule has 3 heteroatoms. The number of hydrogen-bond acceptors (Lipinski definition) is 2. The van der Waals surface area contributed by atoms with Crippen LogP contribution in [0.2, 0.25) is 0 Å². The summed E-state index contributed by atoms with van der Waals surface area (Å²) < 4.78 is 16.9. The molecule has 0 heterocycles. The molecule has 0 amide bonds. The third-order valence-corrected chi connectivity index (χ3v) is 5.88. The lowest BCUT2D eigenvalue weighted by atomic mass is 9.87. The van der Waals surface area contributed by atoms with Crippen molar-refractivity contribution in [2.45, 2.75) is 43.4 Å². The van der Waals surface area contributed by atoms with Crippen LogP contribution in [0.3, 0.4) is 0 Å². The molecule has 0 spiro atoms. The fourth-order valence-electron chi connectivity index (χ4n) is 2.66.